The lowest BCUT2D eigenvalue weighted by atomic mass is 10.0. The van der Waals surface area contributed by atoms with Gasteiger partial charge in [-0.3, -0.25) is 37.3 Å². The number of allylic oxidation sites excluding steroid dienone is 4. The van der Waals surface area contributed by atoms with E-state index in [1.807, 2.05) is 0 Å². The van der Waals surface area contributed by atoms with Gasteiger partial charge in [0.05, 0.1) is 26.4 Å². The first-order chi connectivity index (χ1) is 47.7. The Morgan fingerprint density at radius 1 is 0.276 bits per heavy atom. The first-order valence-corrected chi connectivity index (χ1v) is 43.6. The van der Waals surface area contributed by atoms with Crippen LogP contribution in [-0.4, -0.2) is 96.7 Å². The summed E-state index contributed by atoms with van der Waals surface area (Å²) in [5.74, 6) is -2.14. The van der Waals surface area contributed by atoms with Crippen LogP contribution in [0, 0.1) is 0 Å². The normalized spacial score (nSPS) is 14.0. The van der Waals surface area contributed by atoms with Crippen LogP contribution in [0.15, 0.2) is 24.3 Å². The summed E-state index contributed by atoms with van der Waals surface area (Å²) in [6.07, 6.45) is 67.2. The average molecular weight is 1430 g/mol. The van der Waals surface area contributed by atoms with Crippen molar-refractivity contribution >= 4 is 39.5 Å². The van der Waals surface area contributed by atoms with E-state index in [0.717, 1.165) is 122 Å². The molecule has 0 saturated heterocycles. The lowest BCUT2D eigenvalue weighted by Crippen LogP contribution is -2.30. The van der Waals surface area contributed by atoms with Crippen LogP contribution in [0.2, 0.25) is 0 Å². The molecule has 2 unspecified atom stereocenters. The minimum absolute atomic E-state index is 0.0911. The van der Waals surface area contributed by atoms with Crippen LogP contribution in [-0.2, 0) is 65.4 Å². The number of esters is 4. The number of unbranched alkanes of at least 4 members (excludes halogenated alkanes) is 48. The third-order valence-corrected chi connectivity index (χ3v) is 19.8. The topological polar surface area (TPSA) is 237 Å². The Balaban J connectivity index is 5.30. The predicted octanol–water partition coefficient (Wildman–Crippen LogP) is 23.3. The minimum atomic E-state index is -4.97. The molecule has 5 atom stereocenters. The number of ether oxygens (including phenoxy) is 4. The standard InChI is InChI=1S/C79H150O17P2/c1-5-9-13-17-21-25-29-33-36-40-43-47-51-55-59-63-76(81)89-69-74(95-78(83)65-61-57-53-49-45-39-32-28-24-20-16-12-8-4)71-93-97(85,86)91-67-73(80)68-92-98(87,88)94-72-75(96-79(84)66-62-58-54-50-46-42-38-35-31-27-23-19-15-11-7-3)70-90-77(82)64-60-56-52-48-44-41-37-34-30-26-22-18-14-10-6-2/h34-35,37-38,73-75,80H,5-33,36,39-72H2,1-4H3,(H,85,86)(H,87,88)/b37-34-,38-35-/t73-,74-,75-/m1/s1. The van der Waals surface area contributed by atoms with Crippen molar-refractivity contribution in [3.63, 3.8) is 0 Å². The molecule has 0 aromatic carbocycles. The molecule has 0 saturated carbocycles. The number of aliphatic hydroxyl groups excluding tert-OH is 1. The van der Waals surface area contributed by atoms with Crippen molar-refractivity contribution in [1.82, 2.24) is 0 Å². The van der Waals surface area contributed by atoms with E-state index < -0.39 is 97.5 Å². The van der Waals surface area contributed by atoms with Crippen LogP contribution < -0.4 is 0 Å². The number of hydrogen-bond acceptors (Lipinski definition) is 15. The van der Waals surface area contributed by atoms with Gasteiger partial charge in [-0.1, -0.05) is 322 Å². The van der Waals surface area contributed by atoms with E-state index in [2.05, 4.69) is 52.0 Å². The molecule has 0 rings (SSSR count). The first kappa shape index (κ1) is 95.5. The molecule has 0 aliphatic carbocycles. The second-order valence-electron chi connectivity index (χ2n) is 27.7. The van der Waals surface area contributed by atoms with E-state index in [1.165, 1.54) is 199 Å². The zero-order valence-corrected chi connectivity index (χ0v) is 65.0. The number of phosphoric acid groups is 2. The van der Waals surface area contributed by atoms with Gasteiger partial charge < -0.3 is 33.8 Å². The maximum Gasteiger partial charge on any atom is 0.472 e. The van der Waals surface area contributed by atoms with Gasteiger partial charge in [0, 0.05) is 25.7 Å². The highest BCUT2D eigenvalue weighted by Gasteiger charge is 2.30. The van der Waals surface area contributed by atoms with Gasteiger partial charge in [-0.2, -0.15) is 0 Å². The number of carbonyl (C=O) groups excluding carboxylic acids is 4. The fourth-order valence-corrected chi connectivity index (χ4v) is 13.3. The highest BCUT2D eigenvalue weighted by Crippen LogP contribution is 2.45. The highest BCUT2D eigenvalue weighted by molar-refractivity contribution is 7.47. The van der Waals surface area contributed by atoms with E-state index in [4.69, 9.17) is 37.0 Å². The number of carbonyl (C=O) groups is 4. The minimum Gasteiger partial charge on any atom is -0.462 e. The molecule has 0 aliphatic rings. The van der Waals surface area contributed by atoms with Crippen LogP contribution >= 0.6 is 15.6 Å². The molecule has 0 heterocycles. The van der Waals surface area contributed by atoms with Crippen LogP contribution in [0.25, 0.3) is 0 Å². The van der Waals surface area contributed by atoms with Gasteiger partial charge in [-0.05, 0) is 77.0 Å². The number of hydrogen-bond donors (Lipinski definition) is 3. The fraction of sp³-hybridized carbons (Fsp3) is 0.899. The van der Waals surface area contributed by atoms with E-state index in [9.17, 15) is 43.2 Å². The molecule has 0 aromatic rings. The third kappa shape index (κ3) is 71.9. The summed E-state index contributed by atoms with van der Waals surface area (Å²) < 4.78 is 68.6. The summed E-state index contributed by atoms with van der Waals surface area (Å²) >= 11 is 0. The quantitative estimate of drug-likeness (QED) is 0.0169. The Morgan fingerprint density at radius 3 is 0.704 bits per heavy atom. The van der Waals surface area contributed by atoms with Crippen LogP contribution in [0.4, 0.5) is 0 Å². The van der Waals surface area contributed by atoms with E-state index in [-0.39, 0.29) is 25.7 Å². The monoisotopic (exact) mass is 1430 g/mol. The van der Waals surface area contributed by atoms with E-state index in [0.29, 0.717) is 25.7 Å². The second kappa shape index (κ2) is 72.9. The molecule has 0 spiro atoms. The molecule has 0 fully saturated rings. The van der Waals surface area contributed by atoms with Crippen molar-refractivity contribution < 1.29 is 80.2 Å². The largest absolute Gasteiger partial charge is 0.472 e. The van der Waals surface area contributed by atoms with Gasteiger partial charge in [0.25, 0.3) is 0 Å². The van der Waals surface area contributed by atoms with Crippen LogP contribution in [0.1, 0.15) is 400 Å². The van der Waals surface area contributed by atoms with Gasteiger partial charge in [0.15, 0.2) is 12.2 Å². The summed E-state index contributed by atoms with van der Waals surface area (Å²) in [5.41, 5.74) is 0. The number of aliphatic hydroxyl groups is 1. The summed E-state index contributed by atoms with van der Waals surface area (Å²) in [6, 6.07) is 0. The lowest BCUT2D eigenvalue weighted by molar-refractivity contribution is -0.161. The third-order valence-electron chi connectivity index (χ3n) is 17.9. The summed E-state index contributed by atoms with van der Waals surface area (Å²) in [4.78, 5) is 73.0. The fourth-order valence-electron chi connectivity index (χ4n) is 11.7. The van der Waals surface area contributed by atoms with Crippen molar-refractivity contribution in [1.29, 1.82) is 0 Å². The molecule has 0 aliphatic heterocycles. The van der Waals surface area contributed by atoms with E-state index >= 15 is 0 Å². The Kier molecular flexibility index (Phi) is 71.0. The van der Waals surface area contributed by atoms with Gasteiger partial charge >= 0.3 is 39.5 Å². The van der Waals surface area contributed by atoms with Crippen molar-refractivity contribution in [3.05, 3.63) is 24.3 Å². The van der Waals surface area contributed by atoms with Crippen molar-refractivity contribution in [2.45, 2.75) is 418 Å². The predicted molar refractivity (Wildman–Crippen MR) is 400 cm³/mol. The van der Waals surface area contributed by atoms with E-state index in [1.54, 1.807) is 0 Å². The molecule has 0 bridgehead atoms. The zero-order chi connectivity index (χ0) is 71.8. The second-order valence-corrected chi connectivity index (χ2v) is 30.6. The smallest absolute Gasteiger partial charge is 0.462 e. The molecule has 3 N–H and O–H groups in total. The van der Waals surface area contributed by atoms with Gasteiger partial charge in [0.1, 0.15) is 19.3 Å². The van der Waals surface area contributed by atoms with Crippen LogP contribution in [0.3, 0.4) is 0 Å². The van der Waals surface area contributed by atoms with Crippen molar-refractivity contribution in [3.8, 4) is 0 Å². The Bertz CT molecular complexity index is 1950. The first-order valence-electron chi connectivity index (χ1n) is 40.6. The molecule has 19 heteroatoms. The summed E-state index contributed by atoms with van der Waals surface area (Å²) in [7, 11) is -9.93. The molecule has 17 nitrogen and oxygen atoms in total. The molecule has 0 aromatic heterocycles. The molecule has 98 heavy (non-hydrogen) atoms. The average Bonchev–Trinajstić information content (AvgIpc) is 1.04. The zero-order valence-electron chi connectivity index (χ0n) is 63.2. The Morgan fingerprint density at radius 2 is 0.469 bits per heavy atom. The van der Waals surface area contributed by atoms with Crippen molar-refractivity contribution in [2.24, 2.45) is 0 Å². The van der Waals surface area contributed by atoms with Gasteiger partial charge in [-0.15, -0.1) is 0 Å². The van der Waals surface area contributed by atoms with Gasteiger partial charge in [0.2, 0.25) is 0 Å². The SMILES string of the molecule is CCCCCCCC/C=C\CCCCCCCC(=O)OC[C@H](COP(=O)(O)OC[C@H](O)COP(=O)(O)OC[C@@H](COC(=O)CCCCCCCCCCCCCCCCC)OC(=O)CCCCCCCCCCCCCCC)OC(=O)CCCCCCC/C=C\CCCCCCCC. The highest BCUT2D eigenvalue weighted by atomic mass is 31.2. The molecule has 0 radical (unpaired) electrons. The lowest BCUT2D eigenvalue weighted by Gasteiger charge is -2.21. The summed E-state index contributed by atoms with van der Waals surface area (Å²) in [6.45, 7) is 4.96. The summed E-state index contributed by atoms with van der Waals surface area (Å²) in [5, 5.41) is 10.6. The molecular formula is C79H150O17P2. The molecule has 0 amide bonds. The maximum absolute atomic E-state index is 13.1. The Hall–Kier alpha value is -2.46. The Labute approximate surface area is 599 Å². The number of rotatable bonds is 78. The maximum atomic E-state index is 13.1. The molecular weight excluding hydrogens is 1280 g/mol. The van der Waals surface area contributed by atoms with Crippen LogP contribution in [0.5, 0.6) is 0 Å². The van der Waals surface area contributed by atoms with Gasteiger partial charge in [-0.25, -0.2) is 9.13 Å². The van der Waals surface area contributed by atoms with Crippen molar-refractivity contribution in [2.75, 3.05) is 39.6 Å². The molecule has 578 valence electrons. The number of phosphoric ester groups is 2.